The van der Waals surface area contributed by atoms with Crippen molar-refractivity contribution >= 4 is 22.9 Å². The third kappa shape index (κ3) is 2.76. The molecule has 108 valence electrons. The number of hydrogen-bond acceptors (Lipinski definition) is 5. The van der Waals surface area contributed by atoms with Crippen molar-refractivity contribution in [1.82, 2.24) is 15.4 Å². The Morgan fingerprint density at radius 1 is 1.18 bits per heavy atom. The summed E-state index contributed by atoms with van der Waals surface area (Å²) in [5.74, 6) is -0.375. The van der Waals surface area contributed by atoms with Gasteiger partial charge in [0.2, 0.25) is 0 Å². The van der Waals surface area contributed by atoms with E-state index in [0.717, 1.165) is 10.8 Å². The van der Waals surface area contributed by atoms with E-state index in [1.165, 1.54) is 24.8 Å². The first-order valence-electron chi connectivity index (χ1n) is 6.56. The Morgan fingerprint density at radius 3 is 2.86 bits per heavy atom. The molecule has 6 nitrogen and oxygen atoms in total. The Bertz CT molecular complexity index is 847. The van der Waals surface area contributed by atoms with E-state index in [1.807, 2.05) is 30.3 Å². The molecule has 0 aliphatic heterocycles. The number of carbonyl (C=O) groups excluding carboxylic acids is 1. The van der Waals surface area contributed by atoms with Crippen molar-refractivity contribution < 1.29 is 9.90 Å². The molecule has 0 unspecified atom stereocenters. The number of nitrogens with one attached hydrogen (secondary N) is 1. The lowest BCUT2D eigenvalue weighted by molar-refractivity contribution is 0.0949. The number of nitrogens with zero attached hydrogens (tertiary/aromatic N) is 3. The molecule has 0 atom stereocenters. The summed E-state index contributed by atoms with van der Waals surface area (Å²) in [6.07, 6.45) is 5.66. The maximum Gasteiger partial charge on any atom is 0.291 e. The lowest BCUT2D eigenvalue weighted by Crippen LogP contribution is -2.19. The van der Waals surface area contributed by atoms with E-state index in [0.29, 0.717) is 5.56 Å². The zero-order valence-electron chi connectivity index (χ0n) is 11.5. The average Bonchev–Trinajstić information content (AvgIpc) is 2.57. The third-order valence-electron chi connectivity index (χ3n) is 3.10. The van der Waals surface area contributed by atoms with E-state index in [9.17, 15) is 9.90 Å². The van der Waals surface area contributed by atoms with Gasteiger partial charge in [-0.15, -0.1) is 0 Å². The van der Waals surface area contributed by atoms with Gasteiger partial charge in [0.15, 0.2) is 0 Å². The maximum absolute atomic E-state index is 11.8. The first-order valence-corrected chi connectivity index (χ1v) is 6.56. The molecule has 3 aromatic rings. The number of benzene rings is 2. The normalized spacial score (nSPS) is 10.9. The monoisotopic (exact) mass is 292 g/mol. The zero-order chi connectivity index (χ0) is 15.4. The number of hydrogen-bond donors (Lipinski definition) is 2. The Hall–Kier alpha value is -3.28. The van der Waals surface area contributed by atoms with Gasteiger partial charge < -0.3 is 5.11 Å². The van der Waals surface area contributed by atoms with Crippen LogP contribution in [0.3, 0.4) is 0 Å². The molecular weight excluding hydrogens is 280 g/mol. The summed E-state index contributed by atoms with van der Waals surface area (Å²) < 4.78 is 0. The Kier molecular flexibility index (Phi) is 3.74. The summed E-state index contributed by atoms with van der Waals surface area (Å²) in [7, 11) is 0. The summed E-state index contributed by atoms with van der Waals surface area (Å²) in [5, 5.41) is 15.7. The summed E-state index contributed by atoms with van der Waals surface area (Å²) in [4.78, 5) is 19.5. The third-order valence-corrected chi connectivity index (χ3v) is 3.10. The van der Waals surface area contributed by atoms with Crippen molar-refractivity contribution in [2.75, 3.05) is 0 Å². The standard InChI is InChI=1S/C16H12N4O2/c21-15-6-5-11-3-1-2-4-12(11)13(15)9-19-20-16(22)14-10-17-7-8-18-14/h1-10,21H,(H,20,22)/b19-9-. The van der Waals surface area contributed by atoms with Crippen LogP contribution in [0, 0.1) is 0 Å². The average molecular weight is 292 g/mol. The van der Waals surface area contributed by atoms with Crippen LogP contribution < -0.4 is 5.43 Å². The van der Waals surface area contributed by atoms with Crippen LogP contribution in [-0.2, 0) is 0 Å². The molecule has 2 N–H and O–H groups in total. The van der Waals surface area contributed by atoms with E-state index in [1.54, 1.807) is 6.07 Å². The molecule has 6 heteroatoms. The molecule has 0 aliphatic carbocycles. The fraction of sp³-hybridized carbons (Fsp3) is 0. The zero-order valence-corrected chi connectivity index (χ0v) is 11.5. The first kappa shape index (κ1) is 13.7. The molecule has 22 heavy (non-hydrogen) atoms. The van der Waals surface area contributed by atoms with Gasteiger partial charge in [-0.3, -0.25) is 9.78 Å². The first-order chi connectivity index (χ1) is 10.8. The minimum atomic E-state index is -0.468. The van der Waals surface area contributed by atoms with Gasteiger partial charge in [-0.2, -0.15) is 5.10 Å². The highest BCUT2D eigenvalue weighted by Crippen LogP contribution is 2.25. The van der Waals surface area contributed by atoms with Crippen LogP contribution in [0.4, 0.5) is 0 Å². The quantitative estimate of drug-likeness (QED) is 0.571. The van der Waals surface area contributed by atoms with E-state index >= 15 is 0 Å². The maximum atomic E-state index is 11.8. The van der Waals surface area contributed by atoms with Crippen molar-refractivity contribution in [2.24, 2.45) is 5.10 Å². The van der Waals surface area contributed by atoms with Crippen LogP contribution in [0.1, 0.15) is 16.1 Å². The number of phenolic OH excluding ortho intramolecular Hbond substituents is 1. The second-order valence-electron chi connectivity index (χ2n) is 4.51. The second-order valence-corrected chi connectivity index (χ2v) is 4.51. The Balaban J connectivity index is 1.84. The van der Waals surface area contributed by atoms with E-state index in [2.05, 4.69) is 20.5 Å². The SMILES string of the molecule is O=C(N/N=C\c1c(O)ccc2ccccc12)c1cnccn1. The summed E-state index contributed by atoms with van der Waals surface area (Å²) in [6.45, 7) is 0. The van der Waals surface area contributed by atoms with Crippen LogP contribution in [-0.4, -0.2) is 27.2 Å². The predicted octanol–water partition coefficient (Wildman–Crippen LogP) is 2.10. The Morgan fingerprint density at radius 2 is 2.05 bits per heavy atom. The molecule has 1 aromatic heterocycles. The van der Waals surface area contributed by atoms with Gasteiger partial charge in [0.05, 0.1) is 12.4 Å². The van der Waals surface area contributed by atoms with E-state index in [-0.39, 0.29) is 11.4 Å². The largest absolute Gasteiger partial charge is 0.507 e. The predicted molar refractivity (Wildman–Crippen MR) is 82.7 cm³/mol. The van der Waals surface area contributed by atoms with Crippen molar-refractivity contribution in [3.8, 4) is 5.75 Å². The topological polar surface area (TPSA) is 87.5 Å². The van der Waals surface area contributed by atoms with Gasteiger partial charge in [0, 0.05) is 18.0 Å². The van der Waals surface area contributed by atoms with Gasteiger partial charge >= 0.3 is 0 Å². The van der Waals surface area contributed by atoms with Gasteiger partial charge in [-0.1, -0.05) is 30.3 Å². The molecule has 0 spiro atoms. The molecule has 0 radical (unpaired) electrons. The molecule has 0 fully saturated rings. The lowest BCUT2D eigenvalue weighted by atomic mass is 10.0. The minimum Gasteiger partial charge on any atom is -0.507 e. The van der Waals surface area contributed by atoms with Gasteiger partial charge in [0.25, 0.3) is 5.91 Å². The molecule has 3 rings (SSSR count). The summed E-state index contributed by atoms with van der Waals surface area (Å²) in [5.41, 5.74) is 3.06. The highest BCUT2D eigenvalue weighted by Gasteiger charge is 2.06. The molecule has 1 heterocycles. The van der Waals surface area contributed by atoms with Gasteiger partial charge in [0.1, 0.15) is 11.4 Å². The van der Waals surface area contributed by atoms with Crippen LogP contribution in [0.5, 0.6) is 5.75 Å². The van der Waals surface area contributed by atoms with Gasteiger partial charge in [-0.05, 0) is 16.8 Å². The van der Waals surface area contributed by atoms with Crippen molar-refractivity contribution in [3.63, 3.8) is 0 Å². The van der Waals surface area contributed by atoms with E-state index < -0.39 is 5.91 Å². The van der Waals surface area contributed by atoms with Crippen molar-refractivity contribution in [2.45, 2.75) is 0 Å². The molecule has 2 aromatic carbocycles. The van der Waals surface area contributed by atoms with Gasteiger partial charge in [-0.25, -0.2) is 10.4 Å². The number of aromatic nitrogens is 2. The molecule has 0 bridgehead atoms. The van der Waals surface area contributed by atoms with Crippen molar-refractivity contribution in [1.29, 1.82) is 0 Å². The van der Waals surface area contributed by atoms with Crippen LogP contribution in [0.25, 0.3) is 10.8 Å². The molecule has 0 saturated carbocycles. The molecule has 0 saturated heterocycles. The van der Waals surface area contributed by atoms with Crippen LogP contribution in [0.15, 0.2) is 60.1 Å². The number of phenols is 1. The number of rotatable bonds is 3. The summed E-state index contributed by atoms with van der Waals surface area (Å²) >= 11 is 0. The number of hydrazone groups is 1. The van der Waals surface area contributed by atoms with E-state index in [4.69, 9.17) is 0 Å². The fourth-order valence-corrected chi connectivity index (χ4v) is 2.05. The highest BCUT2D eigenvalue weighted by molar-refractivity contribution is 6.02. The molecular formula is C16H12N4O2. The fourth-order valence-electron chi connectivity index (χ4n) is 2.05. The number of amides is 1. The smallest absolute Gasteiger partial charge is 0.291 e. The number of carbonyl (C=O) groups is 1. The number of fused-ring (bicyclic) bond motifs is 1. The minimum absolute atomic E-state index is 0.0937. The molecule has 1 amide bonds. The number of aromatic hydroxyl groups is 1. The van der Waals surface area contributed by atoms with Crippen LogP contribution >= 0.6 is 0 Å². The summed E-state index contributed by atoms with van der Waals surface area (Å²) in [6, 6.07) is 11.0. The Labute approximate surface area is 126 Å². The van der Waals surface area contributed by atoms with Crippen molar-refractivity contribution in [3.05, 3.63) is 66.2 Å². The van der Waals surface area contributed by atoms with Crippen LogP contribution in [0.2, 0.25) is 0 Å². The highest BCUT2D eigenvalue weighted by atomic mass is 16.3. The second kappa shape index (κ2) is 6.01. The lowest BCUT2D eigenvalue weighted by Gasteiger charge is -2.04. The molecule has 0 aliphatic rings.